The summed E-state index contributed by atoms with van der Waals surface area (Å²) in [5, 5.41) is 12.1. The molecule has 0 aliphatic rings. The standard InChI is InChI=1S/C22H42N2O5.Na.H/c1-3-5-6-7-8-9-10-11-14-18(21(26)27)17-20(25)24-19(15-12-13-16-23)22(28)29-4-2;;/h18-19H,3-17,23H2,1-2H3,(H,24,25)(H,26,27);;/t18?,19-;;/m0../s1. The molecule has 30 heavy (non-hydrogen) atoms. The van der Waals surface area contributed by atoms with Crippen LogP contribution in [0, 0.1) is 5.92 Å². The van der Waals surface area contributed by atoms with Crippen molar-refractivity contribution in [2.45, 2.75) is 103 Å². The van der Waals surface area contributed by atoms with E-state index in [9.17, 15) is 19.5 Å². The minimum atomic E-state index is -0.959. The van der Waals surface area contributed by atoms with E-state index in [4.69, 9.17) is 10.5 Å². The molecule has 2 atom stereocenters. The van der Waals surface area contributed by atoms with E-state index in [2.05, 4.69) is 12.2 Å². The van der Waals surface area contributed by atoms with Crippen LogP contribution in [0.4, 0.5) is 0 Å². The first-order valence-electron chi connectivity index (χ1n) is 11.3. The number of carbonyl (C=O) groups is 3. The molecule has 4 N–H and O–H groups in total. The molecule has 0 spiro atoms. The van der Waals surface area contributed by atoms with Crippen LogP contribution in [0.25, 0.3) is 0 Å². The SMILES string of the molecule is CCCCCCCCCCC(CC(=O)N[C@@H](CCCCN)C(=O)OCC)C(=O)O.[NaH]. The number of aliphatic carboxylic acids is 1. The Labute approximate surface area is 204 Å². The van der Waals surface area contributed by atoms with Gasteiger partial charge in [-0.3, -0.25) is 9.59 Å². The number of carbonyl (C=O) groups excluding carboxylic acids is 2. The van der Waals surface area contributed by atoms with Gasteiger partial charge in [-0.1, -0.05) is 58.3 Å². The zero-order valence-electron chi connectivity index (χ0n) is 18.4. The summed E-state index contributed by atoms with van der Waals surface area (Å²) in [5.41, 5.74) is 5.48. The molecule has 0 saturated carbocycles. The molecule has 7 nitrogen and oxygen atoms in total. The average Bonchev–Trinajstić information content (AvgIpc) is 2.68. The van der Waals surface area contributed by atoms with E-state index < -0.39 is 29.8 Å². The van der Waals surface area contributed by atoms with Crippen LogP contribution in [0.1, 0.15) is 97.3 Å². The normalized spacial score (nSPS) is 12.5. The molecule has 0 rings (SSSR count). The van der Waals surface area contributed by atoms with Gasteiger partial charge in [-0.05, 0) is 39.2 Å². The predicted octanol–water partition coefficient (Wildman–Crippen LogP) is 3.14. The van der Waals surface area contributed by atoms with Gasteiger partial charge in [0.15, 0.2) is 0 Å². The monoisotopic (exact) mass is 438 g/mol. The van der Waals surface area contributed by atoms with E-state index in [1.165, 1.54) is 32.1 Å². The van der Waals surface area contributed by atoms with Gasteiger partial charge in [0.2, 0.25) is 5.91 Å². The predicted molar refractivity (Wildman–Crippen MR) is 122 cm³/mol. The molecule has 0 heterocycles. The summed E-state index contributed by atoms with van der Waals surface area (Å²) in [5.74, 6) is -2.57. The molecular formula is C22H43N2NaO5. The molecule has 1 amide bonds. The Bertz CT molecular complexity index is 463. The number of amides is 1. The van der Waals surface area contributed by atoms with Crippen LogP contribution in [0.5, 0.6) is 0 Å². The number of hydrogen-bond acceptors (Lipinski definition) is 5. The molecule has 0 aliphatic heterocycles. The van der Waals surface area contributed by atoms with Crippen molar-refractivity contribution < 1.29 is 24.2 Å². The van der Waals surface area contributed by atoms with E-state index in [-0.39, 0.29) is 42.6 Å². The number of carboxylic acids is 1. The third kappa shape index (κ3) is 17.1. The van der Waals surface area contributed by atoms with Crippen LogP contribution in [-0.4, -0.2) is 71.7 Å². The van der Waals surface area contributed by atoms with Crippen molar-refractivity contribution in [3.63, 3.8) is 0 Å². The zero-order valence-corrected chi connectivity index (χ0v) is 18.4. The number of rotatable bonds is 19. The van der Waals surface area contributed by atoms with Gasteiger partial charge in [-0.2, -0.15) is 0 Å². The summed E-state index contributed by atoms with van der Waals surface area (Å²) < 4.78 is 5.01. The molecule has 0 aromatic heterocycles. The van der Waals surface area contributed by atoms with Crippen LogP contribution < -0.4 is 11.1 Å². The number of unbranched alkanes of at least 4 members (excludes halogenated alkanes) is 8. The molecule has 0 bridgehead atoms. The van der Waals surface area contributed by atoms with Gasteiger partial charge in [-0.25, -0.2) is 4.79 Å². The number of nitrogens with one attached hydrogen (secondary N) is 1. The second-order valence-corrected chi connectivity index (χ2v) is 7.66. The van der Waals surface area contributed by atoms with Crippen molar-refractivity contribution in [1.82, 2.24) is 5.32 Å². The summed E-state index contributed by atoms with van der Waals surface area (Å²) in [4.78, 5) is 35.9. The van der Waals surface area contributed by atoms with Crippen molar-refractivity contribution >= 4 is 47.4 Å². The van der Waals surface area contributed by atoms with Gasteiger partial charge in [0.25, 0.3) is 0 Å². The van der Waals surface area contributed by atoms with Crippen LogP contribution in [0.3, 0.4) is 0 Å². The second-order valence-electron chi connectivity index (χ2n) is 7.66. The molecule has 8 heteroatoms. The first kappa shape index (κ1) is 31.6. The quantitative estimate of drug-likeness (QED) is 0.162. The fourth-order valence-corrected chi connectivity index (χ4v) is 3.30. The van der Waals surface area contributed by atoms with Crippen LogP contribution in [-0.2, 0) is 19.1 Å². The molecule has 0 aliphatic carbocycles. The molecule has 0 aromatic carbocycles. The zero-order chi connectivity index (χ0) is 21.9. The number of ether oxygens (including phenoxy) is 1. The maximum atomic E-state index is 12.3. The van der Waals surface area contributed by atoms with Crippen molar-refractivity contribution in [2.24, 2.45) is 11.7 Å². The van der Waals surface area contributed by atoms with E-state index in [1.807, 2.05) is 0 Å². The van der Waals surface area contributed by atoms with E-state index in [0.717, 1.165) is 25.7 Å². The van der Waals surface area contributed by atoms with Gasteiger partial charge in [0.05, 0.1) is 12.5 Å². The molecule has 1 unspecified atom stereocenters. The van der Waals surface area contributed by atoms with Crippen molar-refractivity contribution in [1.29, 1.82) is 0 Å². The number of hydrogen-bond donors (Lipinski definition) is 3. The Balaban J connectivity index is 0. The van der Waals surface area contributed by atoms with Gasteiger partial charge >= 0.3 is 41.5 Å². The Morgan fingerprint density at radius 3 is 2.00 bits per heavy atom. The molecular weight excluding hydrogens is 395 g/mol. The van der Waals surface area contributed by atoms with Crippen LogP contribution in [0.15, 0.2) is 0 Å². The van der Waals surface area contributed by atoms with Crippen molar-refractivity contribution in [3.05, 3.63) is 0 Å². The number of esters is 1. The van der Waals surface area contributed by atoms with Gasteiger partial charge in [0.1, 0.15) is 6.04 Å². The molecule has 0 saturated heterocycles. The molecule has 0 fully saturated rings. The Morgan fingerprint density at radius 1 is 0.900 bits per heavy atom. The Morgan fingerprint density at radius 2 is 1.47 bits per heavy atom. The fraction of sp³-hybridized carbons (Fsp3) is 0.864. The van der Waals surface area contributed by atoms with E-state index in [1.54, 1.807) is 6.92 Å². The molecule has 0 aromatic rings. The first-order valence-corrected chi connectivity index (χ1v) is 11.3. The Hall–Kier alpha value is -0.630. The third-order valence-corrected chi connectivity index (χ3v) is 5.04. The minimum absolute atomic E-state index is 0. The van der Waals surface area contributed by atoms with Crippen LogP contribution >= 0.6 is 0 Å². The van der Waals surface area contributed by atoms with Gasteiger partial charge < -0.3 is 20.9 Å². The summed E-state index contributed by atoms with van der Waals surface area (Å²) >= 11 is 0. The third-order valence-electron chi connectivity index (χ3n) is 5.04. The van der Waals surface area contributed by atoms with E-state index >= 15 is 0 Å². The van der Waals surface area contributed by atoms with Crippen LogP contribution in [0.2, 0.25) is 0 Å². The van der Waals surface area contributed by atoms with Crippen molar-refractivity contribution in [3.8, 4) is 0 Å². The summed E-state index contributed by atoms with van der Waals surface area (Å²) in [6, 6.07) is -0.744. The second kappa shape index (κ2) is 21.6. The fourth-order valence-electron chi connectivity index (χ4n) is 3.30. The molecule has 0 radical (unpaired) electrons. The van der Waals surface area contributed by atoms with E-state index in [0.29, 0.717) is 25.8 Å². The van der Waals surface area contributed by atoms with Gasteiger partial charge in [-0.15, -0.1) is 0 Å². The summed E-state index contributed by atoms with van der Waals surface area (Å²) in [6.45, 7) is 4.65. The Kier molecular flexibility index (Phi) is 22.7. The average molecular weight is 439 g/mol. The molecule has 172 valence electrons. The topological polar surface area (TPSA) is 119 Å². The van der Waals surface area contributed by atoms with Crippen molar-refractivity contribution in [2.75, 3.05) is 13.2 Å². The first-order chi connectivity index (χ1) is 14.0. The summed E-state index contributed by atoms with van der Waals surface area (Å²) in [6.07, 6.45) is 11.3. The van der Waals surface area contributed by atoms with Gasteiger partial charge in [0, 0.05) is 6.42 Å². The number of carboxylic acid groups (broad SMARTS) is 1. The summed E-state index contributed by atoms with van der Waals surface area (Å²) in [7, 11) is 0. The maximum absolute atomic E-state index is 12.3. The number of nitrogens with two attached hydrogens (primary N) is 1.